The van der Waals surface area contributed by atoms with Crippen molar-refractivity contribution in [2.45, 2.75) is 0 Å². The number of hydrogen-bond acceptors (Lipinski definition) is 4. The maximum Gasteiger partial charge on any atom is 0.127 e. The van der Waals surface area contributed by atoms with Crippen LogP contribution < -0.4 is 9.47 Å². The summed E-state index contributed by atoms with van der Waals surface area (Å²) in [5.41, 5.74) is 3.56. The van der Waals surface area contributed by atoms with E-state index in [9.17, 15) is 0 Å². The van der Waals surface area contributed by atoms with E-state index in [1.165, 1.54) is 0 Å². The highest BCUT2D eigenvalue weighted by atomic mass is 16.5. The summed E-state index contributed by atoms with van der Waals surface area (Å²) in [4.78, 5) is 0. The normalized spacial score (nSPS) is 13.2. The lowest BCUT2D eigenvalue weighted by Crippen LogP contribution is -2.18. The van der Waals surface area contributed by atoms with Crippen LogP contribution >= 0.6 is 0 Å². The molecule has 34 heavy (non-hydrogen) atoms. The van der Waals surface area contributed by atoms with Gasteiger partial charge in [0.25, 0.3) is 0 Å². The van der Waals surface area contributed by atoms with E-state index in [0.29, 0.717) is 11.1 Å². The number of rotatable bonds is 6. The first kappa shape index (κ1) is 21.2. The van der Waals surface area contributed by atoms with Gasteiger partial charge in [-0.05, 0) is 59.7 Å². The smallest absolute Gasteiger partial charge is 0.127 e. The zero-order chi connectivity index (χ0) is 23.3. The van der Waals surface area contributed by atoms with Crippen molar-refractivity contribution < 1.29 is 9.47 Å². The summed E-state index contributed by atoms with van der Waals surface area (Å²) >= 11 is 0. The number of ether oxygens (including phenoxy) is 2. The molecule has 0 aromatic heterocycles. The van der Waals surface area contributed by atoms with Gasteiger partial charge in [0.2, 0.25) is 0 Å². The Morgan fingerprint density at radius 1 is 0.382 bits per heavy atom. The molecule has 4 aromatic rings. The fourth-order valence-corrected chi connectivity index (χ4v) is 3.74. The van der Waals surface area contributed by atoms with Crippen molar-refractivity contribution in [1.29, 1.82) is 10.8 Å². The fraction of sp³-hybridized carbons (Fsp3) is 0. The van der Waals surface area contributed by atoms with Crippen LogP contribution in [0.15, 0.2) is 121 Å². The second-order valence-corrected chi connectivity index (χ2v) is 7.79. The van der Waals surface area contributed by atoms with Gasteiger partial charge in [0.1, 0.15) is 23.0 Å². The molecule has 0 spiro atoms. The number of para-hydroxylation sites is 2. The molecule has 1 aliphatic carbocycles. The van der Waals surface area contributed by atoms with Gasteiger partial charge in [-0.1, -0.05) is 72.8 Å². The van der Waals surface area contributed by atoms with Crippen molar-refractivity contribution in [1.82, 2.24) is 0 Å². The third-order valence-electron chi connectivity index (χ3n) is 5.49. The van der Waals surface area contributed by atoms with Crippen LogP contribution in [0.5, 0.6) is 23.0 Å². The van der Waals surface area contributed by atoms with Gasteiger partial charge in [0.05, 0.1) is 11.4 Å². The van der Waals surface area contributed by atoms with Crippen LogP contribution in [0.3, 0.4) is 0 Å². The third kappa shape index (κ3) is 4.57. The van der Waals surface area contributed by atoms with E-state index in [4.69, 9.17) is 20.3 Å². The van der Waals surface area contributed by atoms with Crippen LogP contribution in [-0.2, 0) is 0 Å². The molecule has 0 heterocycles. The van der Waals surface area contributed by atoms with E-state index in [-0.39, 0.29) is 11.4 Å². The minimum atomic E-state index is 0.193. The first-order valence-corrected chi connectivity index (χ1v) is 10.9. The third-order valence-corrected chi connectivity index (χ3v) is 5.49. The number of allylic oxidation sites excluding steroid dienone is 4. The molecular formula is C30H22N2O2. The summed E-state index contributed by atoms with van der Waals surface area (Å²) in [5.74, 6) is 2.99. The lowest BCUT2D eigenvalue weighted by atomic mass is 9.87. The van der Waals surface area contributed by atoms with Crippen molar-refractivity contribution in [3.05, 3.63) is 132 Å². The van der Waals surface area contributed by atoms with E-state index in [1.807, 2.05) is 121 Å². The molecule has 4 nitrogen and oxygen atoms in total. The largest absolute Gasteiger partial charge is 0.457 e. The Morgan fingerprint density at radius 2 is 0.706 bits per heavy atom. The molecule has 0 unspecified atom stereocenters. The summed E-state index contributed by atoms with van der Waals surface area (Å²) in [6, 6.07) is 34.4. The maximum atomic E-state index is 8.60. The topological polar surface area (TPSA) is 66.2 Å². The van der Waals surface area contributed by atoms with Crippen LogP contribution in [0.2, 0.25) is 0 Å². The van der Waals surface area contributed by atoms with Gasteiger partial charge in [-0.25, -0.2) is 0 Å². The minimum Gasteiger partial charge on any atom is -0.457 e. The van der Waals surface area contributed by atoms with Gasteiger partial charge < -0.3 is 9.47 Å². The predicted molar refractivity (Wildman–Crippen MR) is 137 cm³/mol. The van der Waals surface area contributed by atoms with Crippen LogP contribution in [0.25, 0.3) is 11.1 Å². The van der Waals surface area contributed by atoms with E-state index in [0.717, 1.165) is 34.1 Å². The molecule has 4 aromatic carbocycles. The highest BCUT2D eigenvalue weighted by Gasteiger charge is 2.21. The fourth-order valence-electron chi connectivity index (χ4n) is 3.74. The molecular weight excluding hydrogens is 420 g/mol. The highest BCUT2D eigenvalue weighted by Crippen LogP contribution is 2.31. The summed E-state index contributed by atoms with van der Waals surface area (Å²) < 4.78 is 11.7. The zero-order valence-electron chi connectivity index (χ0n) is 18.4. The molecule has 0 saturated heterocycles. The van der Waals surface area contributed by atoms with Gasteiger partial charge in [0, 0.05) is 11.1 Å². The number of nitrogens with one attached hydrogen (secondary N) is 2. The first-order valence-electron chi connectivity index (χ1n) is 10.9. The van der Waals surface area contributed by atoms with Gasteiger partial charge in [-0.3, -0.25) is 10.8 Å². The Morgan fingerprint density at radius 3 is 1.06 bits per heavy atom. The quantitative estimate of drug-likeness (QED) is 0.299. The van der Waals surface area contributed by atoms with E-state index in [1.54, 1.807) is 0 Å². The lowest BCUT2D eigenvalue weighted by molar-refractivity contribution is 0.482. The predicted octanol–water partition coefficient (Wildman–Crippen LogP) is 7.79. The Bertz CT molecular complexity index is 1280. The van der Waals surface area contributed by atoms with Gasteiger partial charge >= 0.3 is 0 Å². The van der Waals surface area contributed by atoms with Crippen molar-refractivity contribution in [3.63, 3.8) is 0 Å². The molecule has 0 saturated carbocycles. The van der Waals surface area contributed by atoms with Crippen LogP contribution in [0.4, 0.5) is 0 Å². The standard InChI is InChI=1S/C30H22N2O2/c31-29-27(21-11-15-25(16-12-21)33-23-7-3-1-4-8-23)19-20-28(30(29)32)22-13-17-26(18-14-22)34-24-9-5-2-6-10-24/h1-20,31-32H. The van der Waals surface area contributed by atoms with Gasteiger partial charge in [-0.15, -0.1) is 0 Å². The van der Waals surface area contributed by atoms with Crippen molar-refractivity contribution in [2.24, 2.45) is 0 Å². The molecule has 0 radical (unpaired) electrons. The Balaban J connectivity index is 1.33. The minimum absolute atomic E-state index is 0.193. The number of hydrogen-bond donors (Lipinski definition) is 2. The summed E-state index contributed by atoms with van der Waals surface area (Å²) in [7, 11) is 0. The molecule has 164 valence electrons. The van der Waals surface area contributed by atoms with Crippen LogP contribution in [-0.4, -0.2) is 11.4 Å². The molecule has 0 atom stereocenters. The van der Waals surface area contributed by atoms with Gasteiger partial charge in [-0.2, -0.15) is 0 Å². The van der Waals surface area contributed by atoms with Gasteiger partial charge in [0.15, 0.2) is 0 Å². The molecule has 4 heteroatoms. The molecule has 5 rings (SSSR count). The molecule has 0 bridgehead atoms. The van der Waals surface area contributed by atoms with E-state index < -0.39 is 0 Å². The molecule has 0 fully saturated rings. The SMILES string of the molecule is N=C1C(=N)C(c2ccc(Oc3ccccc3)cc2)=CC=C1c1ccc(Oc2ccccc2)cc1. The average molecular weight is 443 g/mol. The maximum absolute atomic E-state index is 8.60. The van der Waals surface area contributed by atoms with Crippen molar-refractivity contribution >= 4 is 22.6 Å². The first-order chi connectivity index (χ1) is 16.7. The second-order valence-electron chi connectivity index (χ2n) is 7.79. The molecule has 0 aliphatic heterocycles. The molecule has 1 aliphatic rings. The van der Waals surface area contributed by atoms with Crippen LogP contribution in [0, 0.1) is 10.8 Å². The summed E-state index contributed by atoms with van der Waals surface area (Å²) in [6.07, 6.45) is 3.80. The zero-order valence-corrected chi connectivity index (χ0v) is 18.4. The summed E-state index contributed by atoms with van der Waals surface area (Å²) in [5, 5.41) is 17.2. The second kappa shape index (κ2) is 9.43. The Labute approximate surface area is 198 Å². The average Bonchev–Trinajstić information content (AvgIpc) is 2.88. The van der Waals surface area contributed by atoms with E-state index in [2.05, 4.69) is 0 Å². The Kier molecular flexibility index (Phi) is 5.87. The Hall–Kier alpha value is -4.70. The molecule has 0 amide bonds. The highest BCUT2D eigenvalue weighted by molar-refractivity contribution is 6.68. The molecule has 2 N–H and O–H groups in total. The lowest BCUT2D eigenvalue weighted by Gasteiger charge is -2.18. The summed E-state index contributed by atoms with van der Waals surface area (Å²) in [6.45, 7) is 0. The van der Waals surface area contributed by atoms with Crippen molar-refractivity contribution in [2.75, 3.05) is 0 Å². The van der Waals surface area contributed by atoms with Crippen LogP contribution in [0.1, 0.15) is 11.1 Å². The number of benzene rings is 4. The van der Waals surface area contributed by atoms with Crippen molar-refractivity contribution in [3.8, 4) is 23.0 Å². The monoisotopic (exact) mass is 442 g/mol. The van der Waals surface area contributed by atoms with E-state index >= 15 is 0 Å².